The van der Waals surface area contributed by atoms with Gasteiger partial charge in [0.25, 0.3) is 0 Å². The molecule has 0 spiro atoms. The molecule has 2 N–H and O–H groups in total. The van der Waals surface area contributed by atoms with E-state index in [0.717, 1.165) is 69.8 Å². The molecule has 0 saturated carbocycles. The molecule has 2 aromatic carbocycles. The molecular weight excluding hydrogens is 380 g/mol. The number of fused-ring (bicyclic) bond motifs is 1. The van der Waals surface area contributed by atoms with Crippen molar-refractivity contribution < 1.29 is 14.2 Å². The third kappa shape index (κ3) is 5.64. The minimum atomic E-state index is 0.307. The van der Waals surface area contributed by atoms with Gasteiger partial charge in [0.05, 0.1) is 13.2 Å². The lowest BCUT2D eigenvalue weighted by Crippen LogP contribution is -2.37. The van der Waals surface area contributed by atoms with Crippen LogP contribution in [-0.2, 0) is 24.2 Å². The summed E-state index contributed by atoms with van der Waals surface area (Å²) in [5, 5.41) is 6.75. The predicted molar refractivity (Wildman–Crippen MR) is 117 cm³/mol. The summed E-state index contributed by atoms with van der Waals surface area (Å²) in [5.41, 5.74) is 3.78. The van der Waals surface area contributed by atoms with E-state index >= 15 is 0 Å². The second kappa shape index (κ2) is 10.3. The van der Waals surface area contributed by atoms with Gasteiger partial charge >= 0.3 is 0 Å². The zero-order valence-corrected chi connectivity index (χ0v) is 17.5. The van der Waals surface area contributed by atoms with Crippen molar-refractivity contribution in [1.82, 2.24) is 15.5 Å². The van der Waals surface area contributed by atoms with Crippen molar-refractivity contribution in [3.63, 3.8) is 0 Å². The predicted octanol–water partition coefficient (Wildman–Crippen LogP) is 2.16. The van der Waals surface area contributed by atoms with E-state index in [2.05, 4.69) is 50.9 Å². The van der Waals surface area contributed by atoms with Gasteiger partial charge in [-0.3, -0.25) is 9.89 Å². The van der Waals surface area contributed by atoms with E-state index in [4.69, 9.17) is 14.2 Å². The van der Waals surface area contributed by atoms with Crippen molar-refractivity contribution in [1.29, 1.82) is 0 Å². The van der Waals surface area contributed by atoms with Gasteiger partial charge in [-0.05, 0) is 35.2 Å². The van der Waals surface area contributed by atoms with Gasteiger partial charge in [-0.25, -0.2) is 0 Å². The highest BCUT2D eigenvalue weighted by atomic mass is 16.7. The molecule has 0 amide bonds. The fraction of sp³-hybridized carbons (Fsp3) is 0.435. The van der Waals surface area contributed by atoms with E-state index in [0.29, 0.717) is 6.79 Å². The van der Waals surface area contributed by atoms with Crippen LogP contribution in [0.3, 0.4) is 0 Å². The first kappa shape index (κ1) is 20.5. The molecule has 0 aromatic heterocycles. The maximum atomic E-state index is 5.44. The topological polar surface area (TPSA) is 67.4 Å². The smallest absolute Gasteiger partial charge is 0.231 e. The minimum Gasteiger partial charge on any atom is -0.454 e. The Bertz CT molecular complexity index is 848. The lowest BCUT2D eigenvalue weighted by molar-refractivity contribution is 0.0342. The first-order chi connectivity index (χ1) is 14.8. The molecule has 4 rings (SSSR count). The molecule has 0 radical (unpaired) electrons. The van der Waals surface area contributed by atoms with Gasteiger partial charge in [0.1, 0.15) is 0 Å². The molecule has 2 aromatic rings. The standard InChI is InChI=1S/C23H30N4O3/c1-24-23(25-9-8-18-6-7-21-22(14-18)30-17-29-21)26-15-19-2-4-20(5-3-19)16-27-10-12-28-13-11-27/h2-7,14H,8-13,15-17H2,1H3,(H2,24,25,26). The van der Waals surface area contributed by atoms with Gasteiger partial charge in [0, 0.05) is 39.8 Å². The van der Waals surface area contributed by atoms with Crippen LogP contribution in [0.25, 0.3) is 0 Å². The number of nitrogens with one attached hydrogen (secondary N) is 2. The number of nitrogens with zero attached hydrogens (tertiary/aromatic N) is 2. The molecule has 160 valence electrons. The third-order valence-electron chi connectivity index (χ3n) is 5.36. The Morgan fingerprint density at radius 2 is 1.67 bits per heavy atom. The van der Waals surface area contributed by atoms with Crippen molar-refractivity contribution in [2.75, 3.05) is 46.7 Å². The van der Waals surface area contributed by atoms with Gasteiger partial charge in [0.2, 0.25) is 6.79 Å². The SMILES string of the molecule is CN=C(NCCc1ccc2c(c1)OCO2)NCc1ccc(CN2CCOCC2)cc1. The monoisotopic (exact) mass is 410 g/mol. The minimum absolute atomic E-state index is 0.307. The van der Waals surface area contributed by atoms with Crippen molar-refractivity contribution in [2.24, 2.45) is 4.99 Å². The fourth-order valence-electron chi connectivity index (χ4n) is 3.61. The molecular formula is C23H30N4O3. The van der Waals surface area contributed by atoms with Gasteiger partial charge in [0.15, 0.2) is 17.5 Å². The molecule has 1 fully saturated rings. The highest BCUT2D eigenvalue weighted by Gasteiger charge is 2.13. The first-order valence-corrected chi connectivity index (χ1v) is 10.5. The van der Waals surface area contributed by atoms with E-state index in [1.807, 2.05) is 12.1 Å². The maximum Gasteiger partial charge on any atom is 0.231 e. The second-order valence-electron chi connectivity index (χ2n) is 7.50. The van der Waals surface area contributed by atoms with E-state index in [1.165, 1.54) is 16.7 Å². The summed E-state index contributed by atoms with van der Waals surface area (Å²) in [6.07, 6.45) is 0.883. The molecule has 7 nitrogen and oxygen atoms in total. The molecule has 1 saturated heterocycles. The number of rotatable bonds is 7. The summed E-state index contributed by atoms with van der Waals surface area (Å²) in [6, 6.07) is 14.9. The van der Waals surface area contributed by atoms with Gasteiger partial charge in [-0.2, -0.15) is 0 Å². The normalized spacial score (nSPS) is 16.5. The van der Waals surface area contributed by atoms with E-state index in [9.17, 15) is 0 Å². The van der Waals surface area contributed by atoms with Crippen molar-refractivity contribution in [3.05, 3.63) is 59.2 Å². The highest BCUT2D eigenvalue weighted by Crippen LogP contribution is 2.32. The average Bonchev–Trinajstić information content (AvgIpc) is 3.26. The van der Waals surface area contributed by atoms with Crippen molar-refractivity contribution in [3.8, 4) is 11.5 Å². The number of hydrogen-bond donors (Lipinski definition) is 2. The molecule has 2 heterocycles. The number of ether oxygens (including phenoxy) is 3. The Kier molecular flexibility index (Phi) is 7.05. The Morgan fingerprint density at radius 1 is 0.933 bits per heavy atom. The van der Waals surface area contributed by atoms with Crippen LogP contribution in [0.4, 0.5) is 0 Å². The van der Waals surface area contributed by atoms with Gasteiger partial charge in [-0.1, -0.05) is 30.3 Å². The van der Waals surface area contributed by atoms with Gasteiger partial charge in [-0.15, -0.1) is 0 Å². The van der Waals surface area contributed by atoms with Gasteiger partial charge < -0.3 is 24.8 Å². The summed E-state index contributed by atoms with van der Waals surface area (Å²) in [7, 11) is 1.79. The molecule has 7 heteroatoms. The van der Waals surface area contributed by atoms with Crippen LogP contribution in [-0.4, -0.2) is 57.5 Å². The molecule has 0 bridgehead atoms. The summed E-state index contributed by atoms with van der Waals surface area (Å²) in [5.74, 6) is 2.44. The molecule has 0 unspecified atom stereocenters. The van der Waals surface area contributed by atoms with Crippen LogP contribution in [0, 0.1) is 0 Å². The molecule has 0 atom stereocenters. The van der Waals surface area contributed by atoms with Crippen LogP contribution in [0.2, 0.25) is 0 Å². The number of benzene rings is 2. The average molecular weight is 411 g/mol. The van der Waals surface area contributed by atoms with Crippen LogP contribution < -0.4 is 20.1 Å². The number of guanidine groups is 1. The van der Waals surface area contributed by atoms with Crippen LogP contribution in [0.15, 0.2) is 47.5 Å². The Balaban J connectivity index is 1.19. The number of aliphatic imine (C=N–C) groups is 1. The molecule has 2 aliphatic heterocycles. The molecule has 0 aliphatic carbocycles. The summed E-state index contributed by atoms with van der Waals surface area (Å²) in [4.78, 5) is 6.75. The Morgan fingerprint density at radius 3 is 2.47 bits per heavy atom. The number of morpholine rings is 1. The van der Waals surface area contributed by atoms with Crippen LogP contribution in [0.5, 0.6) is 11.5 Å². The maximum absolute atomic E-state index is 5.44. The first-order valence-electron chi connectivity index (χ1n) is 10.5. The Labute approximate surface area is 178 Å². The third-order valence-corrected chi connectivity index (χ3v) is 5.36. The summed E-state index contributed by atoms with van der Waals surface area (Å²) < 4.78 is 16.2. The quantitative estimate of drug-likeness (QED) is 0.539. The summed E-state index contributed by atoms with van der Waals surface area (Å²) >= 11 is 0. The second-order valence-corrected chi connectivity index (χ2v) is 7.50. The highest BCUT2D eigenvalue weighted by molar-refractivity contribution is 5.79. The molecule has 2 aliphatic rings. The van der Waals surface area contributed by atoms with E-state index < -0.39 is 0 Å². The van der Waals surface area contributed by atoms with Crippen molar-refractivity contribution in [2.45, 2.75) is 19.5 Å². The molecule has 30 heavy (non-hydrogen) atoms. The Hall–Kier alpha value is -2.77. The van der Waals surface area contributed by atoms with Crippen LogP contribution >= 0.6 is 0 Å². The largest absolute Gasteiger partial charge is 0.454 e. The zero-order chi connectivity index (χ0) is 20.6. The lowest BCUT2D eigenvalue weighted by Gasteiger charge is -2.26. The summed E-state index contributed by atoms with van der Waals surface area (Å²) in [6.45, 7) is 6.52. The van der Waals surface area contributed by atoms with E-state index in [1.54, 1.807) is 7.05 Å². The fourth-order valence-corrected chi connectivity index (χ4v) is 3.61. The zero-order valence-electron chi connectivity index (χ0n) is 17.5. The van der Waals surface area contributed by atoms with E-state index in [-0.39, 0.29) is 0 Å². The lowest BCUT2D eigenvalue weighted by atomic mass is 10.1. The van der Waals surface area contributed by atoms with Crippen LogP contribution in [0.1, 0.15) is 16.7 Å². The van der Waals surface area contributed by atoms with Crippen molar-refractivity contribution >= 4 is 5.96 Å². The number of hydrogen-bond acceptors (Lipinski definition) is 5.